The number of nitrogens with zero attached hydrogens (tertiary/aromatic N) is 2. The number of amides is 1. The Morgan fingerprint density at radius 2 is 2.05 bits per heavy atom. The van der Waals surface area contributed by atoms with Crippen molar-refractivity contribution in [1.82, 2.24) is 9.80 Å². The quantitative estimate of drug-likeness (QED) is 0.787. The summed E-state index contributed by atoms with van der Waals surface area (Å²) in [6.45, 7) is 3.60. The molecule has 20 heavy (non-hydrogen) atoms. The van der Waals surface area contributed by atoms with Gasteiger partial charge in [0, 0.05) is 37.3 Å². The van der Waals surface area contributed by atoms with Gasteiger partial charge < -0.3 is 15.5 Å². The van der Waals surface area contributed by atoms with E-state index in [-0.39, 0.29) is 12.5 Å². The Hall–Kier alpha value is -1.54. The van der Waals surface area contributed by atoms with Crippen molar-refractivity contribution in [1.29, 1.82) is 0 Å². The van der Waals surface area contributed by atoms with E-state index in [1.165, 1.54) is 0 Å². The van der Waals surface area contributed by atoms with Crippen LogP contribution in [0.25, 0.3) is 0 Å². The van der Waals surface area contributed by atoms with Gasteiger partial charge in [-0.1, -0.05) is 23.4 Å². The van der Waals surface area contributed by atoms with Gasteiger partial charge in [0.05, 0.1) is 11.6 Å². The molecule has 0 unspecified atom stereocenters. The molecule has 1 saturated heterocycles. The SMILES string of the molecule is CN1CCN(C(=O)c2ccc(C#CCN)c(Cl)c2)CC1. The van der Waals surface area contributed by atoms with Crippen LogP contribution in [-0.2, 0) is 0 Å². The second kappa shape index (κ2) is 6.76. The van der Waals surface area contributed by atoms with Crippen LogP contribution in [0.15, 0.2) is 18.2 Å². The topological polar surface area (TPSA) is 49.6 Å². The third kappa shape index (κ3) is 3.51. The molecule has 0 saturated carbocycles. The van der Waals surface area contributed by atoms with E-state index in [1.807, 2.05) is 4.90 Å². The maximum absolute atomic E-state index is 12.4. The normalized spacial score (nSPS) is 15.7. The molecule has 0 radical (unpaired) electrons. The van der Waals surface area contributed by atoms with Gasteiger partial charge >= 0.3 is 0 Å². The van der Waals surface area contributed by atoms with Crippen LogP contribution in [0.5, 0.6) is 0 Å². The van der Waals surface area contributed by atoms with E-state index in [2.05, 4.69) is 23.8 Å². The van der Waals surface area contributed by atoms with Crippen LogP contribution in [0.2, 0.25) is 5.02 Å². The van der Waals surface area contributed by atoms with Gasteiger partial charge in [-0.25, -0.2) is 0 Å². The molecule has 2 N–H and O–H groups in total. The molecule has 0 aromatic heterocycles. The van der Waals surface area contributed by atoms with Crippen LogP contribution in [0.1, 0.15) is 15.9 Å². The number of benzene rings is 1. The Bertz CT molecular complexity index is 554. The van der Waals surface area contributed by atoms with Crippen LogP contribution in [0.3, 0.4) is 0 Å². The molecule has 4 nitrogen and oxygen atoms in total. The Morgan fingerprint density at radius 3 is 2.65 bits per heavy atom. The van der Waals surface area contributed by atoms with Gasteiger partial charge in [0.2, 0.25) is 0 Å². The molecule has 0 aliphatic carbocycles. The van der Waals surface area contributed by atoms with E-state index < -0.39 is 0 Å². The van der Waals surface area contributed by atoms with Crippen LogP contribution in [0.4, 0.5) is 0 Å². The summed E-state index contributed by atoms with van der Waals surface area (Å²) in [7, 11) is 2.06. The smallest absolute Gasteiger partial charge is 0.253 e. The number of piperazine rings is 1. The maximum Gasteiger partial charge on any atom is 0.253 e. The van der Waals surface area contributed by atoms with E-state index in [1.54, 1.807) is 18.2 Å². The number of likely N-dealkylation sites (N-methyl/N-ethyl adjacent to an activating group) is 1. The first-order valence-corrected chi connectivity index (χ1v) is 6.96. The number of hydrogen-bond acceptors (Lipinski definition) is 3. The van der Waals surface area contributed by atoms with Gasteiger partial charge in [-0.15, -0.1) is 0 Å². The molecule has 5 heteroatoms. The number of hydrogen-bond donors (Lipinski definition) is 1. The van der Waals surface area contributed by atoms with Crippen molar-refractivity contribution in [3.63, 3.8) is 0 Å². The molecular formula is C15H18ClN3O. The molecule has 1 aromatic rings. The molecule has 1 aromatic carbocycles. The molecule has 1 aliphatic heterocycles. The second-order valence-corrected chi connectivity index (χ2v) is 5.20. The number of rotatable bonds is 1. The summed E-state index contributed by atoms with van der Waals surface area (Å²) in [4.78, 5) is 16.4. The molecule has 0 atom stereocenters. The average Bonchev–Trinajstić information content (AvgIpc) is 2.46. The largest absolute Gasteiger partial charge is 0.336 e. The van der Waals surface area contributed by atoms with Crippen LogP contribution < -0.4 is 5.73 Å². The van der Waals surface area contributed by atoms with Gasteiger partial charge in [-0.3, -0.25) is 4.79 Å². The number of halogens is 1. The third-order valence-corrected chi connectivity index (χ3v) is 3.64. The first kappa shape index (κ1) is 14.9. The molecule has 2 rings (SSSR count). The van der Waals surface area contributed by atoms with E-state index in [0.29, 0.717) is 16.1 Å². The summed E-state index contributed by atoms with van der Waals surface area (Å²) in [5.74, 6) is 5.67. The summed E-state index contributed by atoms with van der Waals surface area (Å²) in [6.07, 6.45) is 0. The minimum atomic E-state index is 0.0262. The minimum absolute atomic E-state index is 0.0262. The number of carbonyl (C=O) groups excluding carboxylic acids is 1. The fourth-order valence-electron chi connectivity index (χ4n) is 2.09. The zero-order valence-electron chi connectivity index (χ0n) is 11.5. The summed E-state index contributed by atoms with van der Waals surface area (Å²) < 4.78 is 0. The molecule has 1 fully saturated rings. The van der Waals surface area contributed by atoms with E-state index in [9.17, 15) is 4.79 Å². The zero-order chi connectivity index (χ0) is 14.5. The zero-order valence-corrected chi connectivity index (χ0v) is 12.3. The highest BCUT2D eigenvalue weighted by atomic mass is 35.5. The summed E-state index contributed by atoms with van der Waals surface area (Å²) in [5.41, 5.74) is 6.64. The lowest BCUT2D eigenvalue weighted by Gasteiger charge is -2.32. The first-order valence-electron chi connectivity index (χ1n) is 6.58. The fraction of sp³-hybridized carbons (Fsp3) is 0.400. The molecular weight excluding hydrogens is 274 g/mol. The summed E-state index contributed by atoms with van der Waals surface area (Å²) in [5, 5.41) is 0.492. The van der Waals surface area contributed by atoms with Crippen molar-refractivity contribution < 1.29 is 4.79 Å². The fourth-order valence-corrected chi connectivity index (χ4v) is 2.32. The first-order chi connectivity index (χ1) is 9.61. The third-order valence-electron chi connectivity index (χ3n) is 3.33. The van der Waals surface area contributed by atoms with Gasteiger partial charge in [0.25, 0.3) is 5.91 Å². The van der Waals surface area contributed by atoms with Crippen LogP contribution in [0, 0.1) is 11.8 Å². The molecule has 106 valence electrons. The molecule has 0 bridgehead atoms. The highest BCUT2D eigenvalue weighted by Gasteiger charge is 2.20. The lowest BCUT2D eigenvalue weighted by atomic mass is 10.1. The predicted molar refractivity (Wildman–Crippen MR) is 80.8 cm³/mol. The lowest BCUT2D eigenvalue weighted by molar-refractivity contribution is 0.0664. The minimum Gasteiger partial charge on any atom is -0.336 e. The average molecular weight is 292 g/mol. The van der Waals surface area contributed by atoms with E-state index in [0.717, 1.165) is 26.2 Å². The van der Waals surface area contributed by atoms with Crippen molar-refractivity contribution in [3.8, 4) is 11.8 Å². The summed E-state index contributed by atoms with van der Waals surface area (Å²) in [6, 6.07) is 5.23. The number of nitrogens with two attached hydrogens (primary N) is 1. The van der Waals surface area contributed by atoms with E-state index >= 15 is 0 Å². The van der Waals surface area contributed by atoms with Gasteiger partial charge in [0.15, 0.2) is 0 Å². The van der Waals surface area contributed by atoms with Crippen LogP contribution >= 0.6 is 11.6 Å². The van der Waals surface area contributed by atoms with Crippen molar-refractivity contribution in [2.45, 2.75) is 0 Å². The maximum atomic E-state index is 12.4. The molecule has 1 amide bonds. The monoisotopic (exact) mass is 291 g/mol. The Kier molecular flexibility index (Phi) is 5.02. The van der Waals surface area contributed by atoms with Crippen molar-refractivity contribution in [2.24, 2.45) is 5.73 Å². The van der Waals surface area contributed by atoms with Gasteiger partial charge in [-0.05, 0) is 25.2 Å². The standard InChI is InChI=1S/C15H18ClN3O/c1-18-7-9-19(10-8-18)15(20)13-5-4-12(3-2-6-17)14(16)11-13/h4-5,11H,6-10,17H2,1H3. The predicted octanol–water partition coefficient (Wildman–Crippen LogP) is 1.04. The van der Waals surface area contributed by atoms with Crippen molar-refractivity contribution in [2.75, 3.05) is 39.8 Å². The highest BCUT2D eigenvalue weighted by molar-refractivity contribution is 6.32. The van der Waals surface area contributed by atoms with E-state index in [4.69, 9.17) is 17.3 Å². The summed E-state index contributed by atoms with van der Waals surface area (Å²) >= 11 is 6.15. The van der Waals surface area contributed by atoms with Gasteiger partial charge in [0.1, 0.15) is 0 Å². The Balaban J connectivity index is 2.13. The molecule has 1 heterocycles. The van der Waals surface area contributed by atoms with Crippen LogP contribution in [-0.4, -0.2) is 55.5 Å². The Labute approximate surface area is 124 Å². The lowest BCUT2D eigenvalue weighted by Crippen LogP contribution is -2.47. The second-order valence-electron chi connectivity index (χ2n) is 4.80. The van der Waals surface area contributed by atoms with Crippen molar-refractivity contribution in [3.05, 3.63) is 34.3 Å². The highest BCUT2D eigenvalue weighted by Crippen LogP contribution is 2.18. The molecule has 1 aliphatic rings. The molecule has 0 spiro atoms. The van der Waals surface area contributed by atoms with Crippen molar-refractivity contribution >= 4 is 17.5 Å². The van der Waals surface area contributed by atoms with Gasteiger partial charge in [-0.2, -0.15) is 0 Å². The Morgan fingerprint density at radius 1 is 1.35 bits per heavy atom. The number of carbonyl (C=O) groups is 1.